The maximum absolute atomic E-state index is 6.01. The van der Waals surface area contributed by atoms with E-state index < -0.39 is 0 Å². The minimum Gasteiger partial charge on any atom is -0.494 e. The number of hydrogen-bond donors (Lipinski definition) is 1. The molecule has 5 heteroatoms. The second-order valence-electron chi connectivity index (χ2n) is 5.16. The highest BCUT2D eigenvalue weighted by molar-refractivity contribution is 5.36. The van der Waals surface area contributed by atoms with Crippen LogP contribution >= 0.6 is 0 Å². The fraction of sp³-hybridized carbons (Fsp3) is 0.438. The molecule has 1 atom stereocenters. The third-order valence-corrected chi connectivity index (χ3v) is 3.52. The Bertz CT molecular complexity index is 567. The van der Waals surface area contributed by atoms with Gasteiger partial charge in [-0.25, -0.2) is 0 Å². The lowest BCUT2D eigenvalue weighted by atomic mass is 10.0. The van der Waals surface area contributed by atoms with Gasteiger partial charge in [-0.15, -0.1) is 0 Å². The zero-order chi connectivity index (χ0) is 15.2. The first-order chi connectivity index (χ1) is 10.2. The van der Waals surface area contributed by atoms with E-state index in [2.05, 4.69) is 23.1 Å². The molecule has 114 valence electrons. The highest BCUT2D eigenvalue weighted by Gasteiger charge is 2.19. The van der Waals surface area contributed by atoms with E-state index in [-0.39, 0.29) is 6.04 Å². The Balaban J connectivity index is 2.18. The van der Waals surface area contributed by atoms with E-state index in [4.69, 9.17) is 10.5 Å². The number of hydrogen-bond acceptors (Lipinski definition) is 4. The van der Waals surface area contributed by atoms with Crippen molar-refractivity contribution in [1.29, 1.82) is 0 Å². The third kappa shape index (κ3) is 3.83. The molecule has 0 spiro atoms. The van der Waals surface area contributed by atoms with Crippen LogP contribution in [0.4, 0.5) is 0 Å². The number of rotatable bonds is 7. The van der Waals surface area contributed by atoms with Crippen LogP contribution in [0.15, 0.2) is 36.7 Å². The number of aryl methyl sites for hydroxylation is 1. The van der Waals surface area contributed by atoms with Gasteiger partial charge >= 0.3 is 0 Å². The van der Waals surface area contributed by atoms with E-state index in [0.29, 0.717) is 13.2 Å². The van der Waals surface area contributed by atoms with Crippen molar-refractivity contribution in [2.24, 2.45) is 12.8 Å². The van der Waals surface area contributed by atoms with Gasteiger partial charge in [0.2, 0.25) is 0 Å². The molecule has 2 rings (SSSR count). The Labute approximate surface area is 126 Å². The van der Waals surface area contributed by atoms with Crippen LogP contribution < -0.4 is 10.5 Å². The number of nitrogens with zero attached hydrogens (tertiary/aromatic N) is 3. The second-order valence-corrected chi connectivity index (χ2v) is 5.16. The number of ether oxygens (including phenoxy) is 1. The molecule has 0 radical (unpaired) electrons. The first-order valence-electron chi connectivity index (χ1n) is 7.25. The van der Waals surface area contributed by atoms with Crippen molar-refractivity contribution in [2.45, 2.75) is 19.5 Å². The van der Waals surface area contributed by atoms with E-state index >= 15 is 0 Å². The summed E-state index contributed by atoms with van der Waals surface area (Å²) < 4.78 is 7.54. The lowest BCUT2D eigenvalue weighted by Gasteiger charge is -2.28. The average molecular weight is 288 g/mol. The SMILES string of the molecule is CCOc1ccccc1C(CN)N(C)Cc1cnn(C)c1. The van der Waals surface area contributed by atoms with Gasteiger partial charge in [-0.2, -0.15) is 5.10 Å². The van der Waals surface area contributed by atoms with Gasteiger partial charge in [0.25, 0.3) is 0 Å². The topological polar surface area (TPSA) is 56.3 Å². The zero-order valence-electron chi connectivity index (χ0n) is 13.0. The van der Waals surface area contributed by atoms with Gasteiger partial charge in [-0.3, -0.25) is 9.58 Å². The van der Waals surface area contributed by atoms with Crippen molar-refractivity contribution in [3.05, 3.63) is 47.8 Å². The van der Waals surface area contributed by atoms with Gasteiger partial charge in [-0.05, 0) is 20.0 Å². The maximum Gasteiger partial charge on any atom is 0.124 e. The Morgan fingerprint density at radius 2 is 2.14 bits per heavy atom. The Morgan fingerprint density at radius 1 is 1.38 bits per heavy atom. The summed E-state index contributed by atoms with van der Waals surface area (Å²) in [5.41, 5.74) is 8.32. The molecule has 21 heavy (non-hydrogen) atoms. The summed E-state index contributed by atoms with van der Waals surface area (Å²) in [6, 6.07) is 8.22. The normalized spacial score (nSPS) is 12.6. The molecular weight excluding hydrogens is 264 g/mol. The molecule has 2 N–H and O–H groups in total. The molecule has 1 aromatic heterocycles. The summed E-state index contributed by atoms with van der Waals surface area (Å²) in [4.78, 5) is 2.23. The second kappa shape index (κ2) is 7.24. The minimum absolute atomic E-state index is 0.118. The van der Waals surface area contributed by atoms with Gasteiger partial charge in [0.05, 0.1) is 18.8 Å². The monoisotopic (exact) mass is 288 g/mol. The van der Waals surface area contributed by atoms with Crippen LogP contribution in [0, 0.1) is 0 Å². The highest BCUT2D eigenvalue weighted by atomic mass is 16.5. The molecule has 0 saturated heterocycles. The first kappa shape index (κ1) is 15.5. The van der Waals surface area contributed by atoms with Crippen molar-refractivity contribution >= 4 is 0 Å². The number of nitrogens with two attached hydrogens (primary N) is 1. The van der Waals surface area contributed by atoms with E-state index in [9.17, 15) is 0 Å². The molecule has 2 aromatic rings. The van der Waals surface area contributed by atoms with Crippen molar-refractivity contribution in [3.8, 4) is 5.75 Å². The largest absolute Gasteiger partial charge is 0.494 e. The molecular formula is C16H24N4O. The van der Waals surface area contributed by atoms with Crippen molar-refractivity contribution < 1.29 is 4.74 Å². The molecule has 1 heterocycles. The fourth-order valence-electron chi connectivity index (χ4n) is 2.54. The fourth-order valence-corrected chi connectivity index (χ4v) is 2.54. The molecule has 0 aliphatic heterocycles. The molecule has 0 amide bonds. The van der Waals surface area contributed by atoms with Crippen LogP contribution in [0.25, 0.3) is 0 Å². The zero-order valence-corrected chi connectivity index (χ0v) is 13.0. The predicted octanol–water partition coefficient (Wildman–Crippen LogP) is 1.95. The molecule has 1 unspecified atom stereocenters. The van der Waals surface area contributed by atoms with Gasteiger partial charge in [0.1, 0.15) is 5.75 Å². The molecule has 0 fully saturated rings. The molecule has 0 aliphatic rings. The highest BCUT2D eigenvalue weighted by Crippen LogP contribution is 2.28. The summed E-state index contributed by atoms with van der Waals surface area (Å²) in [6.45, 7) is 3.99. The number of aromatic nitrogens is 2. The quantitative estimate of drug-likeness (QED) is 0.846. The van der Waals surface area contributed by atoms with Crippen molar-refractivity contribution in [3.63, 3.8) is 0 Å². The van der Waals surface area contributed by atoms with Crippen LogP contribution in [-0.4, -0.2) is 34.9 Å². The van der Waals surface area contributed by atoms with Crippen LogP contribution in [-0.2, 0) is 13.6 Å². The Morgan fingerprint density at radius 3 is 2.76 bits per heavy atom. The van der Waals surface area contributed by atoms with Gasteiger partial charge < -0.3 is 10.5 Å². The van der Waals surface area contributed by atoms with Crippen LogP contribution in [0.2, 0.25) is 0 Å². The van der Waals surface area contributed by atoms with Gasteiger partial charge in [-0.1, -0.05) is 18.2 Å². The standard InChI is InChI=1S/C16H24N4O/c1-4-21-16-8-6-5-7-14(16)15(9-17)19(2)11-13-10-18-20(3)12-13/h5-8,10,12,15H,4,9,11,17H2,1-3H3. The summed E-state index contributed by atoms with van der Waals surface area (Å²) in [7, 11) is 4.00. The molecule has 0 saturated carbocycles. The average Bonchev–Trinajstić information content (AvgIpc) is 2.87. The van der Waals surface area contributed by atoms with Gasteiger partial charge in [0, 0.05) is 37.5 Å². The first-order valence-corrected chi connectivity index (χ1v) is 7.25. The van der Waals surface area contributed by atoms with E-state index in [1.54, 1.807) is 0 Å². The molecule has 0 aliphatic carbocycles. The molecule has 5 nitrogen and oxygen atoms in total. The van der Waals surface area contributed by atoms with Crippen LogP contribution in [0.5, 0.6) is 5.75 Å². The summed E-state index contributed by atoms with van der Waals surface area (Å²) in [6.07, 6.45) is 3.91. The smallest absolute Gasteiger partial charge is 0.124 e. The lowest BCUT2D eigenvalue weighted by molar-refractivity contribution is 0.232. The molecule has 0 bridgehead atoms. The van der Waals surface area contributed by atoms with Crippen LogP contribution in [0.3, 0.4) is 0 Å². The van der Waals surface area contributed by atoms with E-state index in [0.717, 1.165) is 17.9 Å². The predicted molar refractivity (Wildman–Crippen MR) is 84.1 cm³/mol. The number of likely N-dealkylation sites (N-methyl/N-ethyl adjacent to an activating group) is 1. The Kier molecular flexibility index (Phi) is 5.36. The lowest BCUT2D eigenvalue weighted by Crippen LogP contribution is -2.30. The third-order valence-electron chi connectivity index (χ3n) is 3.52. The van der Waals surface area contributed by atoms with Gasteiger partial charge in [0.15, 0.2) is 0 Å². The minimum atomic E-state index is 0.118. The Hall–Kier alpha value is -1.85. The maximum atomic E-state index is 6.01. The van der Waals surface area contributed by atoms with Crippen LogP contribution in [0.1, 0.15) is 24.1 Å². The molecule has 1 aromatic carbocycles. The summed E-state index contributed by atoms with van der Waals surface area (Å²) in [5, 5.41) is 4.21. The van der Waals surface area contributed by atoms with E-state index in [1.807, 2.05) is 49.2 Å². The summed E-state index contributed by atoms with van der Waals surface area (Å²) >= 11 is 0. The van der Waals surface area contributed by atoms with Crippen molar-refractivity contribution in [1.82, 2.24) is 14.7 Å². The number of para-hydroxylation sites is 1. The number of benzene rings is 1. The van der Waals surface area contributed by atoms with E-state index in [1.165, 1.54) is 5.56 Å². The van der Waals surface area contributed by atoms with Crippen molar-refractivity contribution in [2.75, 3.05) is 20.2 Å². The summed E-state index contributed by atoms with van der Waals surface area (Å²) in [5.74, 6) is 0.911.